The number of aromatic nitrogens is 2. The lowest BCUT2D eigenvalue weighted by molar-refractivity contribution is 0.617. The molecule has 0 fully saturated rings. The Labute approximate surface area is 155 Å². The van der Waals surface area contributed by atoms with Crippen LogP contribution < -0.4 is 0 Å². The quantitative estimate of drug-likeness (QED) is 0.618. The summed E-state index contributed by atoms with van der Waals surface area (Å²) < 4.78 is 13.9. The molecule has 1 aliphatic rings. The third-order valence-electron chi connectivity index (χ3n) is 4.58. The maximum absolute atomic E-state index is 13.9. The van der Waals surface area contributed by atoms with Crippen LogP contribution in [0.3, 0.4) is 0 Å². The molecule has 1 aromatic carbocycles. The van der Waals surface area contributed by atoms with Gasteiger partial charge in [-0.05, 0) is 42.5 Å². The molecule has 0 unspecified atom stereocenters. The van der Waals surface area contributed by atoms with Gasteiger partial charge in [0.25, 0.3) is 0 Å². The van der Waals surface area contributed by atoms with E-state index >= 15 is 0 Å². The zero-order chi connectivity index (χ0) is 17.9. The molecular formula is C21H16FN3S. The van der Waals surface area contributed by atoms with Gasteiger partial charge in [0.15, 0.2) is 0 Å². The summed E-state index contributed by atoms with van der Waals surface area (Å²) in [5, 5.41) is 10.5. The molecule has 4 rings (SSSR count). The minimum Gasteiger partial charge on any atom is -0.264 e. The Morgan fingerprint density at radius 2 is 2.04 bits per heavy atom. The first-order chi connectivity index (χ1) is 12.8. The van der Waals surface area contributed by atoms with Gasteiger partial charge in [0.2, 0.25) is 0 Å². The van der Waals surface area contributed by atoms with E-state index in [1.165, 1.54) is 17.8 Å². The Hall–Kier alpha value is -2.71. The number of pyridine rings is 2. The van der Waals surface area contributed by atoms with Gasteiger partial charge in [-0.3, -0.25) is 4.98 Å². The van der Waals surface area contributed by atoms with Gasteiger partial charge in [0, 0.05) is 35.0 Å². The van der Waals surface area contributed by atoms with Crippen molar-refractivity contribution >= 4 is 11.8 Å². The van der Waals surface area contributed by atoms with Crippen molar-refractivity contribution in [2.75, 3.05) is 0 Å². The summed E-state index contributed by atoms with van der Waals surface area (Å²) in [7, 11) is 0. The van der Waals surface area contributed by atoms with Crippen molar-refractivity contribution in [3.63, 3.8) is 0 Å². The molecule has 0 spiro atoms. The Morgan fingerprint density at radius 1 is 1.15 bits per heavy atom. The van der Waals surface area contributed by atoms with Crippen LogP contribution in [0.4, 0.5) is 4.39 Å². The summed E-state index contributed by atoms with van der Waals surface area (Å²) in [6.45, 7) is 0. The molecular weight excluding hydrogens is 345 g/mol. The van der Waals surface area contributed by atoms with E-state index in [0.717, 1.165) is 41.6 Å². The zero-order valence-corrected chi connectivity index (χ0v) is 14.9. The minimum absolute atomic E-state index is 0.229. The van der Waals surface area contributed by atoms with E-state index in [0.29, 0.717) is 21.9 Å². The first-order valence-electron chi connectivity index (χ1n) is 8.50. The highest BCUT2D eigenvalue weighted by molar-refractivity contribution is 7.98. The average molecular weight is 361 g/mol. The van der Waals surface area contributed by atoms with Crippen LogP contribution in [-0.4, -0.2) is 9.97 Å². The van der Waals surface area contributed by atoms with E-state index in [1.54, 1.807) is 24.5 Å². The Kier molecular flexibility index (Phi) is 4.68. The van der Waals surface area contributed by atoms with Crippen LogP contribution in [-0.2, 0) is 18.6 Å². The van der Waals surface area contributed by atoms with Crippen LogP contribution in [0.15, 0.2) is 53.8 Å². The molecule has 0 bridgehead atoms. The number of thioether (sulfide) groups is 1. The average Bonchev–Trinajstić information content (AvgIpc) is 3.15. The topological polar surface area (TPSA) is 49.6 Å². The number of halogens is 1. The van der Waals surface area contributed by atoms with Crippen molar-refractivity contribution in [2.45, 2.75) is 30.0 Å². The lowest BCUT2D eigenvalue weighted by atomic mass is 9.97. The second kappa shape index (κ2) is 7.27. The predicted octanol–water partition coefficient (Wildman–Crippen LogP) is 4.94. The molecule has 3 aromatic rings. The fourth-order valence-electron chi connectivity index (χ4n) is 3.36. The van der Waals surface area contributed by atoms with Crippen LogP contribution in [0.25, 0.3) is 11.1 Å². The van der Waals surface area contributed by atoms with Crippen LogP contribution in [0.5, 0.6) is 0 Å². The summed E-state index contributed by atoms with van der Waals surface area (Å²) in [4.78, 5) is 8.96. The maximum Gasteiger partial charge on any atom is 0.127 e. The summed E-state index contributed by atoms with van der Waals surface area (Å²) in [6, 6.07) is 12.9. The lowest BCUT2D eigenvalue weighted by Gasteiger charge is -2.14. The number of benzene rings is 1. The first-order valence-corrected chi connectivity index (χ1v) is 9.49. The van der Waals surface area contributed by atoms with Gasteiger partial charge >= 0.3 is 0 Å². The molecule has 1 aliphatic carbocycles. The van der Waals surface area contributed by atoms with Crippen LogP contribution in [0.1, 0.15) is 28.8 Å². The molecule has 0 atom stereocenters. The van der Waals surface area contributed by atoms with Crippen LogP contribution in [0.2, 0.25) is 0 Å². The highest BCUT2D eigenvalue weighted by Gasteiger charge is 2.24. The monoisotopic (exact) mass is 361 g/mol. The number of aryl methyl sites for hydroxylation is 1. The molecule has 26 heavy (non-hydrogen) atoms. The largest absolute Gasteiger partial charge is 0.264 e. The molecule has 5 heteroatoms. The van der Waals surface area contributed by atoms with Gasteiger partial charge in [-0.2, -0.15) is 5.26 Å². The molecule has 3 nitrogen and oxygen atoms in total. The SMILES string of the molecule is N#Cc1c(SCc2ccccc2F)nc2c(c1-c1cccnc1)CCC2. The van der Waals surface area contributed by atoms with Crippen molar-refractivity contribution < 1.29 is 4.39 Å². The van der Waals surface area contributed by atoms with Gasteiger partial charge in [0.05, 0.1) is 5.56 Å². The second-order valence-corrected chi connectivity index (χ2v) is 7.14. The smallest absolute Gasteiger partial charge is 0.127 e. The highest BCUT2D eigenvalue weighted by atomic mass is 32.2. The molecule has 0 saturated heterocycles. The summed E-state index contributed by atoms with van der Waals surface area (Å²) >= 11 is 1.42. The van der Waals surface area contributed by atoms with Crippen molar-refractivity contribution in [3.05, 3.63) is 77.0 Å². The minimum atomic E-state index is -0.229. The number of rotatable bonds is 4. The van der Waals surface area contributed by atoms with Crippen LogP contribution in [0, 0.1) is 17.1 Å². The van der Waals surface area contributed by atoms with E-state index in [-0.39, 0.29) is 5.82 Å². The lowest BCUT2D eigenvalue weighted by Crippen LogP contribution is -2.01. The van der Waals surface area contributed by atoms with Crippen LogP contribution >= 0.6 is 11.8 Å². The van der Waals surface area contributed by atoms with E-state index < -0.39 is 0 Å². The predicted molar refractivity (Wildman–Crippen MR) is 100 cm³/mol. The molecule has 2 heterocycles. The van der Waals surface area contributed by atoms with Gasteiger partial charge < -0.3 is 0 Å². The van der Waals surface area contributed by atoms with Crippen molar-refractivity contribution in [2.24, 2.45) is 0 Å². The number of nitrogens with zero attached hydrogens (tertiary/aromatic N) is 3. The van der Waals surface area contributed by atoms with Crippen molar-refractivity contribution in [3.8, 4) is 17.2 Å². The van der Waals surface area contributed by atoms with Gasteiger partial charge in [-0.1, -0.05) is 24.3 Å². The molecule has 0 radical (unpaired) electrons. The third kappa shape index (κ3) is 3.09. The molecule has 128 valence electrons. The van der Waals surface area contributed by atoms with E-state index in [4.69, 9.17) is 4.98 Å². The number of nitriles is 1. The maximum atomic E-state index is 13.9. The molecule has 0 amide bonds. The Morgan fingerprint density at radius 3 is 2.81 bits per heavy atom. The van der Waals surface area contributed by atoms with Gasteiger partial charge in [0.1, 0.15) is 16.9 Å². The Balaban J connectivity index is 1.78. The van der Waals surface area contributed by atoms with Crippen molar-refractivity contribution in [1.29, 1.82) is 5.26 Å². The van der Waals surface area contributed by atoms with Crippen molar-refractivity contribution in [1.82, 2.24) is 9.97 Å². The fourth-order valence-corrected chi connectivity index (χ4v) is 4.35. The zero-order valence-electron chi connectivity index (χ0n) is 14.1. The standard InChI is InChI=1S/C21H16FN3S/c22-18-8-2-1-5-15(18)13-26-21-17(11-23)20(14-6-4-10-24-12-14)16-7-3-9-19(16)25-21/h1-2,4-6,8,10,12H,3,7,9,13H2. The summed E-state index contributed by atoms with van der Waals surface area (Å²) in [6.07, 6.45) is 6.41. The molecule has 0 aliphatic heterocycles. The normalized spacial score (nSPS) is 12.6. The second-order valence-electron chi connectivity index (χ2n) is 6.18. The number of hydrogen-bond donors (Lipinski definition) is 0. The van der Waals surface area contributed by atoms with E-state index in [1.807, 2.05) is 18.2 Å². The molecule has 2 aromatic heterocycles. The summed E-state index contributed by atoms with van der Waals surface area (Å²) in [5.41, 5.74) is 5.28. The Bertz CT molecular complexity index is 996. The molecule has 0 saturated carbocycles. The fraction of sp³-hybridized carbons (Fsp3) is 0.190. The first kappa shape index (κ1) is 16.7. The van der Waals surface area contributed by atoms with E-state index in [2.05, 4.69) is 11.1 Å². The highest BCUT2D eigenvalue weighted by Crippen LogP contribution is 2.39. The summed E-state index contributed by atoms with van der Waals surface area (Å²) in [5.74, 6) is 0.215. The van der Waals surface area contributed by atoms with Gasteiger partial charge in [-0.15, -0.1) is 11.8 Å². The molecule has 0 N–H and O–H groups in total. The third-order valence-corrected chi connectivity index (χ3v) is 5.60. The number of fused-ring (bicyclic) bond motifs is 1. The number of hydrogen-bond acceptors (Lipinski definition) is 4. The van der Waals surface area contributed by atoms with Gasteiger partial charge in [-0.25, -0.2) is 9.37 Å². The van der Waals surface area contributed by atoms with E-state index in [9.17, 15) is 9.65 Å².